The molecule has 5 heteroatoms. The molecule has 0 aliphatic heterocycles. The lowest BCUT2D eigenvalue weighted by Gasteiger charge is -1.91. The molecule has 0 saturated carbocycles. The van der Waals surface area contributed by atoms with Crippen LogP contribution in [0.25, 0.3) is 22.7 Å². The molecule has 18 heavy (non-hydrogen) atoms. The van der Waals surface area contributed by atoms with E-state index in [4.69, 9.17) is 0 Å². The zero-order valence-electron chi connectivity index (χ0n) is 9.38. The zero-order valence-corrected chi connectivity index (χ0v) is 9.38. The van der Waals surface area contributed by atoms with Crippen molar-refractivity contribution >= 4 is 22.7 Å². The summed E-state index contributed by atoms with van der Waals surface area (Å²) < 4.78 is 0. The molecule has 2 heterocycles. The van der Waals surface area contributed by atoms with E-state index in [1.165, 1.54) is 0 Å². The minimum absolute atomic E-state index is 0.468. The molecule has 5 nitrogen and oxygen atoms in total. The van der Waals surface area contributed by atoms with Gasteiger partial charge < -0.3 is 9.97 Å². The summed E-state index contributed by atoms with van der Waals surface area (Å²) in [5.74, 6) is 0.563. The van der Waals surface area contributed by atoms with Crippen LogP contribution in [-0.4, -0.2) is 19.9 Å². The summed E-state index contributed by atoms with van der Waals surface area (Å²) in [5, 5.41) is 9.19. The number of hydrogen-bond donors (Lipinski definition) is 2. The topological polar surface area (TPSA) is 81.2 Å². The third-order valence-corrected chi connectivity index (χ3v) is 2.58. The Labute approximate surface area is 103 Å². The molecule has 0 amide bonds. The molecule has 86 valence electrons. The van der Waals surface area contributed by atoms with Gasteiger partial charge in [-0.05, 0) is 18.2 Å². The van der Waals surface area contributed by atoms with Crippen LogP contribution in [0, 0.1) is 11.3 Å². The number of nitriles is 1. The van der Waals surface area contributed by atoms with E-state index in [2.05, 4.69) is 26.0 Å². The van der Waals surface area contributed by atoms with Gasteiger partial charge in [0.15, 0.2) is 0 Å². The molecule has 0 saturated heterocycles. The molecule has 0 radical (unpaired) electrons. The van der Waals surface area contributed by atoms with Gasteiger partial charge in [-0.2, -0.15) is 5.26 Å². The largest absolute Gasteiger partial charge is 0.345 e. The molecule has 3 rings (SSSR count). The van der Waals surface area contributed by atoms with E-state index in [1.807, 2.05) is 24.3 Å². The van der Waals surface area contributed by atoms with Crippen molar-refractivity contribution in [3.05, 3.63) is 48.3 Å². The highest BCUT2D eigenvalue weighted by Crippen LogP contribution is 2.18. The summed E-state index contributed by atoms with van der Waals surface area (Å²) >= 11 is 0. The van der Waals surface area contributed by atoms with Crippen molar-refractivity contribution in [1.29, 1.82) is 5.26 Å². The average Bonchev–Trinajstić information content (AvgIpc) is 3.04. The highest BCUT2D eigenvalue weighted by atomic mass is 14.9. The molecule has 0 atom stereocenters. The molecule has 3 aromatic rings. The molecule has 2 N–H and O–H groups in total. The van der Waals surface area contributed by atoms with Gasteiger partial charge in [0.1, 0.15) is 11.9 Å². The number of aromatic nitrogens is 4. The number of allylic oxidation sites excluding steroid dienone is 1. The lowest BCUT2D eigenvalue weighted by molar-refractivity contribution is 1.27. The van der Waals surface area contributed by atoms with Crippen LogP contribution < -0.4 is 0 Å². The van der Waals surface area contributed by atoms with Crippen LogP contribution in [0.5, 0.6) is 0 Å². The molecule has 0 spiro atoms. The summed E-state index contributed by atoms with van der Waals surface area (Å²) in [4.78, 5) is 14.3. The van der Waals surface area contributed by atoms with Gasteiger partial charge in [0.25, 0.3) is 0 Å². The van der Waals surface area contributed by atoms with Crippen LogP contribution in [0.3, 0.4) is 0 Å². The van der Waals surface area contributed by atoms with Gasteiger partial charge in [-0.25, -0.2) is 9.97 Å². The fourth-order valence-corrected chi connectivity index (χ4v) is 1.74. The second kappa shape index (κ2) is 4.18. The molecule has 0 aliphatic carbocycles. The summed E-state index contributed by atoms with van der Waals surface area (Å²) in [6, 6.07) is 9.81. The lowest BCUT2D eigenvalue weighted by Crippen LogP contribution is -1.84. The maximum atomic E-state index is 9.19. The number of aromatic amines is 2. The maximum Gasteiger partial charge on any atom is 0.149 e. The Morgan fingerprint density at radius 1 is 1.33 bits per heavy atom. The van der Waals surface area contributed by atoms with E-state index in [9.17, 15) is 5.26 Å². The number of nitrogens with one attached hydrogen (secondary N) is 2. The van der Waals surface area contributed by atoms with Crippen molar-refractivity contribution in [1.82, 2.24) is 19.9 Å². The predicted molar refractivity (Wildman–Crippen MR) is 68.2 cm³/mol. The number of rotatable bonds is 2. The van der Waals surface area contributed by atoms with Gasteiger partial charge in [0, 0.05) is 0 Å². The minimum Gasteiger partial charge on any atom is -0.345 e. The SMILES string of the molecule is N#C/C(=C\c1cnc[nH]1)c1nc2ccccc2[nH]1. The Balaban J connectivity index is 2.09. The normalized spacial score (nSPS) is 11.6. The molecule has 0 fully saturated rings. The van der Waals surface area contributed by atoms with E-state index >= 15 is 0 Å². The van der Waals surface area contributed by atoms with E-state index in [1.54, 1.807) is 18.6 Å². The third-order valence-electron chi connectivity index (χ3n) is 2.58. The molecule has 2 aromatic heterocycles. The Bertz CT molecular complexity index is 710. The maximum absolute atomic E-state index is 9.19. The molecular formula is C13H9N5. The van der Waals surface area contributed by atoms with Crippen molar-refractivity contribution < 1.29 is 0 Å². The first-order valence-corrected chi connectivity index (χ1v) is 5.42. The van der Waals surface area contributed by atoms with Crippen LogP contribution in [-0.2, 0) is 0 Å². The third kappa shape index (κ3) is 1.76. The van der Waals surface area contributed by atoms with Crippen LogP contribution in [0.2, 0.25) is 0 Å². The van der Waals surface area contributed by atoms with Crippen molar-refractivity contribution in [2.24, 2.45) is 0 Å². The number of nitrogens with zero attached hydrogens (tertiary/aromatic N) is 3. The Morgan fingerprint density at radius 3 is 2.94 bits per heavy atom. The molecule has 0 bridgehead atoms. The lowest BCUT2D eigenvalue weighted by atomic mass is 10.2. The second-order valence-corrected chi connectivity index (χ2v) is 3.78. The summed E-state index contributed by atoms with van der Waals surface area (Å²) in [7, 11) is 0. The smallest absolute Gasteiger partial charge is 0.149 e. The quantitative estimate of drug-likeness (QED) is 0.669. The van der Waals surface area contributed by atoms with Gasteiger partial charge in [0.05, 0.1) is 34.8 Å². The van der Waals surface area contributed by atoms with Gasteiger partial charge in [-0.1, -0.05) is 12.1 Å². The van der Waals surface area contributed by atoms with Gasteiger partial charge >= 0.3 is 0 Å². The Hall–Kier alpha value is -2.87. The molecule has 0 unspecified atom stereocenters. The first kappa shape index (κ1) is 10.3. The fourth-order valence-electron chi connectivity index (χ4n) is 1.74. The van der Waals surface area contributed by atoms with Gasteiger partial charge in [-0.3, -0.25) is 0 Å². The van der Waals surface area contributed by atoms with E-state index in [0.29, 0.717) is 11.4 Å². The number of hydrogen-bond acceptors (Lipinski definition) is 3. The number of para-hydroxylation sites is 2. The first-order chi connectivity index (χ1) is 8.86. The Kier molecular flexibility index (Phi) is 2.39. The number of benzene rings is 1. The fraction of sp³-hybridized carbons (Fsp3) is 0. The predicted octanol–water partition coefficient (Wildman–Crippen LogP) is 2.35. The Morgan fingerprint density at radius 2 is 2.22 bits per heavy atom. The first-order valence-electron chi connectivity index (χ1n) is 5.42. The summed E-state index contributed by atoms with van der Waals surface area (Å²) in [6.45, 7) is 0. The highest BCUT2D eigenvalue weighted by Gasteiger charge is 2.07. The number of imidazole rings is 2. The molecule has 1 aromatic carbocycles. The number of fused-ring (bicyclic) bond motifs is 1. The summed E-state index contributed by atoms with van der Waals surface area (Å²) in [5.41, 5.74) is 3.00. The van der Waals surface area contributed by atoms with Gasteiger partial charge in [0.2, 0.25) is 0 Å². The average molecular weight is 235 g/mol. The number of H-pyrrole nitrogens is 2. The van der Waals surface area contributed by atoms with Gasteiger partial charge in [-0.15, -0.1) is 0 Å². The monoisotopic (exact) mass is 235 g/mol. The minimum atomic E-state index is 0.468. The summed E-state index contributed by atoms with van der Waals surface area (Å²) in [6.07, 6.45) is 4.93. The van der Waals surface area contributed by atoms with Crippen LogP contribution in [0.15, 0.2) is 36.8 Å². The van der Waals surface area contributed by atoms with Crippen molar-refractivity contribution in [2.75, 3.05) is 0 Å². The second-order valence-electron chi connectivity index (χ2n) is 3.78. The van der Waals surface area contributed by atoms with Crippen LogP contribution >= 0.6 is 0 Å². The van der Waals surface area contributed by atoms with E-state index < -0.39 is 0 Å². The van der Waals surface area contributed by atoms with Crippen molar-refractivity contribution in [3.63, 3.8) is 0 Å². The standard InChI is InChI=1S/C13H9N5/c14-6-9(5-10-7-15-8-16-10)13-17-11-3-1-2-4-12(11)18-13/h1-5,7-8H,(H,15,16)(H,17,18)/b9-5+. The zero-order chi connectivity index (χ0) is 12.4. The highest BCUT2D eigenvalue weighted by molar-refractivity contribution is 5.89. The van der Waals surface area contributed by atoms with Crippen molar-refractivity contribution in [2.45, 2.75) is 0 Å². The van der Waals surface area contributed by atoms with Crippen LogP contribution in [0.4, 0.5) is 0 Å². The molecular weight excluding hydrogens is 226 g/mol. The van der Waals surface area contributed by atoms with E-state index in [0.717, 1.165) is 16.7 Å². The molecule has 0 aliphatic rings. The van der Waals surface area contributed by atoms with Crippen LogP contribution in [0.1, 0.15) is 11.5 Å². The van der Waals surface area contributed by atoms with Crippen molar-refractivity contribution in [3.8, 4) is 6.07 Å². The van der Waals surface area contributed by atoms with E-state index in [-0.39, 0.29) is 0 Å².